The molecule has 7 heteroatoms. The molecule has 0 aliphatic heterocycles. The van der Waals surface area contributed by atoms with Crippen LogP contribution in [0.2, 0.25) is 0 Å². The summed E-state index contributed by atoms with van der Waals surface area (Å²) in [6, 6.07) is 11.0. The van der Waals surface area contributed by atoms with E-state index in [1.54, 1.807) is 0 Å². The maximum atomic E-state index is 12.2. The van der Waals surface area contributed by atoms with Crippen molar-refractivity contribution in [3.63, 3.8) is 0 Å². The number of aromatic amines is 1. The molecule has 0 radical (unpaired) electrons. The Kier molecular flexibility index (Phi) is 4.01. The minimum atomic E-state index is -0.546. The Morgan fingerprint density at radius 1 is 1.13 bits per heavy atom. The number of nitrogens with zero attached hydrogens (tertiary/aromatic N) is 3. The standard InChI is InChI=1S/C16H15N5O2/c1-11(12-5-3-2-4-6-12)19-14-7-15(22)21(16(23)20-14)13-8-17-10-18-9-13/h2-11,19H,1H3,(H,20,23). The van der Waals surface area contributed by atoms with E-state index < -0.39 is 11.2 Å². The molecule has 0 bridgehead atoms. The first-order valence-corrected chi connectivity index (χ1v) is 7.08. The van der Waals surface area contributed by atoms with Gasteiger partial charge in [0, 0.05) is 12.1 Å². The summed E-state index contributed by atoms with van der Waals surface area (Å²) in [6.45, 7) is 1.95. The number of aromatic nitrogens is 4. The van der Waals surface area contributed by atoms with E-state index in [0.29, 0.717) is 11.5 Å². The van der Waals surface area contributed by atoms with Gasteiger partial charge in [0.25, 0.3) is 5.56 Å². The molecule has 0 saturated carbocycles. The van der Waals surface area contributed by atoms with Crippen LogP contribution in [0.3, 0.4) is 0 Å². The molecule has 0 fully saturated rings. The number of anilines is 1. The number of nitrogens with one attached hydrogen (secondary N) is 2. The van der Waals surface area contributed by atoms with Crippen LogP contribution in [0.1, 0.15) is 18.5 Å². The maximum Gasteiger partial charge on any atom is 0.334 e. The average Bonchev–Trinajstić information content (AvgIpc) is 2.56. The molecule has 0 amide bonds. The van der Waals surface area contributed by atoms with Crippen LogP contribution in [-0.2, 0) is 0 Å². The van der Waals surface area contributed by atoms with Gasteiger partial charge in [-0.3, -0.25) is 9.78 Å². The van der Waals surface area contributed by atoms with E-state index in [1.807, 2.05) is 37.3 Å². The highest BCUT2D eigenvalue weighted by atomic mass is 16.2. The molecule has 0 aliphatic rings. The number of benzene rings is 1. The zero-order valence-corrected chi connectivity index (χ0v) is 12.4. The van der Waals surface area contributed by atoms with Gasteiger partial charge in [0.15, 0.2) is 0 Å². The highest BCUT2D eigenvalue weighted by molar-refractivity contribution is 5.38. The second kappa shape index (κ2) is 6.27. The first kappa shape index (κ1) is 14.7. The Labute approximate surface area is 131 Å². The fourth-order valence-electron chi connectivity index (χ4n) is 2.28. The topological polar surface area (TPSA) is 92.7 Å². The quantitative estimate of drug-likeness (QED) is 0.761. The molecule has 0 aliphatic carbocycles. The third-order valence-corrected chi connectivity index (χ3v) is 3.41. The average molecular weight is 309 g/mol. The summed E-state index contributed by atoms with van der Waals surface area (Å²) in [6.07, 6.45) is 4.15. The fourth-order valence-corrected chi connectivity index (χ4v) is 2.28. The van der Waals surface area contributed by atoms with E-state index >= 15 is 0 Å². The van der Waals surface area contributed by atoms with Crippen molar-refractivity contribution in [2.24, 2.45) is 0 Å². The Hall–Kier alpha value is -3.22. The maximum absolute atomic E-state index is 12.2. The van der Waals surface area contributed by atoms with Gasteiger partial charge in [-0.25, -0.2) is 19.3 Å². The predicted molar refractivity (Wildman–Crippen MR) is 86.7 cm³/mol. The molecule has 2 heterocycles. The lowest BCUT2D eigenvalue weighted by molar-refractivity contribution is 0.830. The fraction of sp³-hybridized carbons (Fsp3) is 0.125. The number of hydrogen-bond donors (Lipinski definition) is 2. The molecule has 1 aromatic carbocycles. The SMILES string of the molecule is CC(Nc1cc(=O)n(-c2cncnc2)c(=O)[nH]1)c1ccccc1. The van der Waals surface area contributed by atoms with Gasteiger partial charge in [0.1, 0.15) is 12.1 Å². The molecular weight excluding hydrogens is 294 g/mol. The van der Waals surface area contributed by atoms with E-state index in [-0.39, 0.29) is 6.04 Å². The molecule has 2 N–H and O–H groups in total. The van der Waals surface area contributed by atoms with Crippen molar-refractivity contribution in [3.8, 4) is 5.69 Å². The number of hydrogen-bond acceptors (Lipinski definition) is 5. The highest BCUT2D eigenvalue weighted by Gasteiger charge is 2.10. The summed E-state index contributed by atoms with van der Waals surface area (Å²) in [7, 11) is 0. The summed E-state index contributed by atoms with van der Waals surface area (Å²) in [5.41, 5.74) is 0.372. The molecule has 3 rings (SSSR count). The van der Waals surface area contributed by atoms with Crippen LogP contribution < -0.4 is 16.6 Å². The number of H-pyrrole nitrogens is 1. The van der Waals surface area contributed by atoms with Crippen LogP contribution in [0.4, 0.5) is 5.82 Å². The molecule has 7 nitrogen and oxygen atoms in total. The Morgan fingerprint density at radius 2 is 1.83 bits per heavy atom. The van der Waals surface area contributed by atoms with Crippen LogP contribution in [0.25, 0.3) is 5.69 Å². The van der Waals surface area contributed by atoms with Crippen molar-refractivity contribution < 1.29 is 0 Å². The minimum absolute atomic E-state index is 0.0536. The van der Waals surface area contributed by atoms with Crippen molar-refractivity contribution in [3.05, 3.63) is 81.5 Å². The monoisotopic (exact) mass is 309 g/mol. The summed E-state index contributed by atoms with van der Waals surface area (Å²) < 4.78 is 0.984. The minimum Gasteiger partial charge on any atom is -0.365 e. The van der Waals surface area contributed by atoms with Crippen molar-refractivity contribution in [1.29, 1.82) is 0 Å². The van der Waals surface area contributed by atoms with Crippen LogP contribution in [0.15, 0.2) is 64.7 Å². The van der Waals surface area contributed by atoms with Crippen LogP contribution in [0, 0.1) is 0 Å². The van der Waals surface area contributed by atoms with Gasteiger partial charge < -0.3 is 5.32 Å². The van der Waals surface area contributed by atoms with Crippen LogP contribution >= 0.6 is 0 Å². The summed E-state index contributed by atoms with van der Waals surface area (Å²) >= 11 is 0. The molecular formula is C16H15N5O2. The van der Waals surface area contributed by atoms with Crippen molar-refractivity contribution in [2.75, 3.05) is 5.32 Å². The normalized spacial score (nSPS) is 11.9. The molecule has 3 aromatic rings. The molecule has 2 aromatic heterocycles. The highest BCUT2D eigenvalue weighted by Crippen LogP contribution is 2.15. The smallest absolute Gasteiger partial charge is 0.334 e. The van der Waals surface area contributed by atoms with Crippen LogP contribution in [-0.4, -0.2) is 19.5 Å². The van der Waals surface area contributed by atoms with Crippen molar-refractivity contribution in [1.82, 2.24) is 19.5 Å². The summed E-state index contributed by atoms with van der Waals surface area (Å²) in [5, 5.41) is 3.12. The largest absolute Gasteiger partial charge is 0.365 e. The second-order valence-corrected chi connectivity index (χ2v) is 5.04. The van der Waals surface area contributed by atoms with Gasteiger partial charge in [0.2, 0.25) is 0 Å². The van der Waals surface area contributed by atoms with E-state index in [2.05, 4.69) is 20.3 Å². The van der Waals surface area contributed by atoms with E-state index in [4.69, 9.17) is 0 Å². The predicted octanol–water partition coefficient (Wildman–Crippen LogP) is 1.49. The first-order chi connectivity index (χ1) is 11.1. The van der Waals surface area contributed by atoms with Gasteiger partial charge in [0.05, 0.1) is 18.1 Å². The molecule has 23 heavy (non-hydrogen) atoms. The van der Waals surface area contributed by atoms with E-state index in [9.17, 15) is 9.59 Å². The lowest BCUT2D eigenvalue weighted by Gasteiger charge is -2.15. The Balaban J connectivity index is 1.92. The van der Waals surface area contributed by atoms with Gasteiger partial charge in [-0.2, -0.15) is 0 Å². The van der Waals surface area contributed by atoms with E-state index in [1.165, 1.54) is 24.8 Å². The first-order valence-electron chi connectivity index (χ1n) is 7.08. The van der Waals surface area contributed by atoms with Crippen LogP contribution in [0.5, 0.6) is 0 Å². The van der Waals surface area contributed by atoms with Crippen molar-refractivity contribution >= 4 is 5.82 Å². The molecule has 0 spiro atoms. The summed E-state index contributed by atoms with van der Waals surface area (Å²) in [4.78, 5) is 34.7. The Morgan fingerprint density at radius 3 is 2.48 bits per heavy atom. The van der Waals surface area contributed by atoms with Gasteiger partial charge in [-0.15, -0.1) is 0 Å². The summed E-state index contributed by atoms with van der Waals surface area (Å²) in [5.74, 6) is 0.365. The van der Waals surface area contributed by atoms with Gasteiger partial charge in [-0.05, 0) is 12.5 Å². The molecule has 116 valence electrons. The lowest BCUT2D eigenvalue weighted by atomic mass is 10.1. The Bertz CT molecular complexity index is 872. The zero-order valence-electron chi connectivity index (χ0n) is 12.4. The second-order valence-electron chi connectivity index (χ2n) is 5.04. The van der Waals surface area contributed by atoms with Gasteiger partial charge in [-0.1, -0.05) is 30.3 Å². The number of rotatable bonds is 4. The lowest BCUT2D eigenvalue weighted by Crippen LogP contribution is -2.34. The van der Waals surface area contributed by atoms with Gasteiger partial charge >= 0.3 is 5.69 Å². The zero-order chi connectivity index (χ0) is 16.2. The third-order valence-electron chi connectivity index (χ3n) is 3.41. The third kappa shape index (κ3) is 3.18. The molecule has 0 saturated heterocycles. The van der Waals surface area contributed by atoms with Crippen molar-refractivity contribution in [2.45, 2.75) is 13.0 Å². The molecule has 1 atom stereocenters. The molecule has 1 unspecified atom stereocenters. The van der Waals surface area contributed by atoms with E-state index in [0.717, 1.165) is 10.1 Å².